The predicted octanol–water partition coefficient (Wildman–Crippen LogP) is 3.96. The lowest BCUT2D eigenvalue weighted by Gasteiger charge is -2.07. The number of carbonyl (C=O) groups is 1. The summed E-state index contributed by atoms with van der Waals surface area (Å²) < 4.78 is 21.2. The fourth-order valence-electron chi connectivity index (χ4n) is 2.51. The van der Waals surface area contributed by atoms with Gasteiger partial charge in [0.1, 0.15) is 11.5 Å². The number of aromatic nitrogens is 2. The minimum atomic E-state index is -0.401. The molecule has 0 spiro atoms. The molecule has 0 saturated heterocycles. The van der Waals surface area contributed by atoms with Gasteiger partial charge in [0.25, 0.3) is 5.89 Å². The average molecular weight is 382 g/mol. The van der Waals surface area contributed by atoms with Crippen LogP contribution in [0.25, 0.3) is 11.4 Å². The average Bonchev–Trinajstić information content (AvgIpc) is 3.17. The second-order valence-corrected chi connectivity index (χ2v) is 5.99. The highest BCUT2D eigenvalue weighted by molar-refractivity contribution is 5.69. The topological polar surface area (TPSA) is 83.7 Å². The molecule has 0 N–H and O–H groups in total. The maximum Gasteiger partial charge on any atom is 0.309 e. The molecule has 1 heterocycles. The highest BCUT2D eigenvalue weighted by Crippen LogP contribution is 2.20. The van der Waals surface area contributed by atoms with E-state index >= 15 is 0 Å². The number of benzene rings is 2. The van der Waals surface area contributed by atoms with Crippen molar-refractivity contribution in [2.45, 2.75) is 26.9 Å². The van der Waals surface area contributed by atoms with Gasteiger partial charge >= 0.3 is 5.97 Å². The van der Waals surface area contributed by atoms with E-state index in [2.05, 4.69) is 10.1 Å². The molecule has 0 bridgehead atoms. The van der Waals surface area contributed by atoms with Gasteiger partial charge in [0.15, 0.2) is 6.61 Å². The van der Waals surface area contributed by atoms with Gasteiger partial charge in [-0.2, -0.15) is 4.98 Å². The van der Waals surface area contributed by atoms with Crippen molar-refractivity contribution in [1.82, 2.24) is 10.1 Å². The van der Waals surface area contributed by atoms with Crippen LogP contribution >= 0.6 is 0 Å². The van der Waals surface area contributed by atoms with Crippen LogP contribution in [0.5, 0.6) is 11.5 Å². The molecule has 0 radical (unpaired) electrons. The Morgan fingerprint density at radius 1 is 1.04 bits per heavy atom. The largest absolute Gasteiger partial charge is 0.494 e. The summed E-state index contributed by atoms with van der Waals surface area (Å²) in [6.45, 7) is 4.65. The standard InChI is InChI=1S/C21H22N2O5/c1-3-25-16-8-10-17(11-9-16)26-13-12-20(24)27-14-19-22-21(23-28-19)18-7-5-4-6-15(18)2/h4-11H,3,12-14H2,1-2H3. The number of aryl methyl sites for hydroxylation is 1. The molecule has 0 unspecified atom stereocenters. The minimum Gasteiger partial charge on any atom is -0.494 e. The summed E-state index contributed by atoms with van der Waals surface area (Å²) >= 11 is 0. The molecular weight excluding hydrogens is 360 g/mol. The zero-order valence-electron chi connectivity index (χ0n) is 15.9. The Kier molecular flexibility index (Phi) is 6.62. The van der Waals surface area contributed by atoms with Gasteiger partial charge in [-0.1, -0.05) is 29.4 Å². The second kappa shape index (κ2) is 9.55. The van der Waals surface area contributed by atoms with Gasteiger partial charge in [0.2, 0.25) is 5.82 Å². The van der Waals surface area contributed by atoms with E-state index in [-0.39, 0.29) is 25.5 Å². The summed E-state index contributed by atoms with van der Waals surface area (Å²) in [5.74, 6) is 1.76. The molecule has 2 aromatic carbocycles. The third-order valence-electron chi connectivity index (χ3n) is 3.92. The Labute approximate surface area is 163 Å². The lowest BCUT2D eigenvalue weighted by Crippen LogP contribution is -2.10. The highest BCUT2D eigenvalue weighted by atomic mass is 16.6. The Bertz CT molecular complexity index is 905. The third kappa shape index (κ3) is 5.33. The Morgan fingerprint density at radius 3 is 2.46 bits per heavy atom. The van der Waals surface area contributed by atoms with Gasteiger partial charge in [-0.05, 0) is 43.7 Å². The lowest BCUT2D eigenvalue weighted by atomic mass is 10.1. The maximum absolute atomic E-state index is 11.9. The summed E-state index contributed by atoms with van der Waals surface area (Å²) in [6.07, 6.45) is 0.117. The predicted molar refractivity (Wildman–Crippen MR) is 102 cm³/mol. The molecule has 0 aliphatic heterocycles. The van der Waals surface area contributed by atoms with Crippen LogP contribution in [0.2, 0.25) is 0 Å². The quantitative estimate of drug-likeness (QED) is 0.518. The molecule has 146 valence electrons. The maximum atomic E-state index is 11.9. The lowest BCUT2D eigenvalue weighted by molar-refractivity contribution is -0.146. The van der Waals surface area contributed by atoms with E-state index in [1.54, 1.807) is 12.1 Å². The summed E-state index contributed by atoms with van der Waals surface area (Å²) in [6, 6.07) is 14.9. The molecule has 0 amide bonds. The molecule has 0 atom stereocenters. The Morgan fingerprint density at radius 2 is 1.75 bits per heavy atom. The number of hydrogen-bond acceptors (Lipinski definition) is 7. The van der Waals surface area contributed by atoms with Crippen molar-refractivity contribution in [2.24, 2.45) is 0 Å². The van der Waals surface area contributed by atoms with Crippen LogP contribution in [-0.4, -0.2) is 29.3 Å². The number of esters is 1. The normalized spacial score (nSPS) is 10.5. The van der Waals surface area contributed by atoms with Crippen LogP contribution in [0.4, 0.5) is 0 Å². The summed E-state index contributed by atoms with van der Waals surface area (Å²) in [5, 5.41) is 3.93. The summed E-state index contributed by atoms with van der Waals surface area (Å²) in [5.41, 5.74) is 1.92. The Balaban J connectivity index is 1.42. The fourth-order valence-corrected chi connectivity index (χ4v) is 2.51. The van der Waals surface area contributed by atoms with E-state index in [0.717, 1.165) is 16.9 Å². The Hall–Kier alpha value is -3.35. The smallest absolute Gasteiger partial charge is 0.309 e. The van der Waals surface area contributed by atoms with Crippen molar-refractivity contribution < 1.29 is 23.5 Å². The van der Waals surface area contributed by atoms with Crippen LogP contribution in [-0.2, 0) is 16.1 Å². The molecular formula is C21H22N2O5. The van der Waals surface area contributed by atoms with Gasteiger partial charge in [-0.3, -0.25) is 4.79 Å². The monoisotopic (exact) mass is 382 g/mol. The first kappa shape index (κ1) is 19.4. The molecule has 0 fully saturated rings. The molecule has 28 heavy (non-hydrogen) atoms. The van der Waals surface area contributed by atoms with Crippen LogP contribution in [0.1, 0.15) is 24.8 Å². The van der Waals surface area contributed by atoms with Gasteiger partial charge < -0.3 is 18.7 Å². The van der Waals surface area contributed by atoms with Crippen LogP contribution in [0, 0.1) is 6.92 Å². The third-order valence-corrected chi connectivity index (χ3v) is 3.92. The number of rotatable bonds is 9. The molecule has 7 nitrogen and oxygen atoms in total. The van der Waals surface area contributed by atoms with E-state index in [9.17, 15) is 4.79 Å². The first-order valence-electron chi connectivity index (χ1n) is 9.05. The van der Waals surface area contributed by atoms with E-state index in [1.165, 1.54) is 0 Å². The number of nitrogens with zero attached hydrogens (tertiary/aromatic N) is 2. The van der Waals surface area contributed by atoms with Crippen LogP contribution < -0.4 is 9.47 Å². The van der Waals surface area contributed by atoms with Gasteiger partial charge in [0.05, 0.1) is 19.6 Å². The molecule has 0 aliphatic rings. The fraction of sp³-hybridized carbons (Fsp3) is 0.286. The molecule has 0 saturated carbocycles. The second-order valence-electron chi connectivity index (χ2n) is 5.99. The number of ether oxygens (including phenoxy) is 3. The van der Waals surface area contributed by atoms with E-state index in [4.69, 9.17) is 18.7 Å². The molecule has 7 heteroatoms. The van der Waals surface area contributed by atoms with Crippen molar-refractivity contribution in [3.8, 4) is 22.9 Å². The van der Waals surface area contributed by atoms with Gasteiger partial charge in [-0.25, -0.2) is 0 Å². The van der Waals surface area contributed by atoms with Crippen molar-refractivity contribution in [3.63, 3.8) is 0 Å². The SMILES string of the molecule is CCOc1ccc(OCCC(=O)OCc2nc(-c3ccccc3C)no2)cc1. The summed E-state index contributed by atoms with van der Waals surface area (Å²) in [4.78, 5) is 16.1. The van der Waals surface area contributed by atoms with Crippen molar-refractivity contribution in [3.05, 3.63) is 60.0 Å². The first-order valence-corrected chi connectivity index (χ1v) is 9.05. The zero-order valence-corrected chi connectivity index (χ0v) is 15.9. The van der Waals surface area contributed by atoms with E-state index < -0.39 is 5.97 Å². The summed E-state index contributed by atoms with van der Waals surface area (Å²) in [7, 11) is 0. The van der Waals surface area contributed by atoms with E-state index in [1.807, 2.05) is 50.2 Å². The van der Waals surface area contributed by atoms with Crippen molar-refractivity contribution >= 4 is 5.97 Å². The molecule has 3 rings (SSSR count). The van der Waals surface area contributed by atoms with Crippen molar-refractivity contribution in [1.29, 1.82) is 0 Å². The van der Waals surface area contributed by atoms with Crippen LogP contribution in [0.3, 0.4) is 0 Å². The number of carbonyl (C=O) groups excluding carboxylic acids is 1. The van der Waals surface area contributed by atoms with Crippen molar-refractivity contribution in [2.75, 3.05) is 13.2 Å². The highest BCUT2D eigenvalue weighted by Gasteiger charge is 2.12. The van der Waals surface area contributed by atoms with Gasteiger partial charge in [-0.15, -0.1) is 0 Å². The molecule has 3 aromatic rings. The number of hydrogen-bond donors (Lipinski definition) is 0. The van der Waals surface area contributed by atoms with Crippen LogP contribution in [0.15, 0.2) is 53.1 Å². The zero-order chi connectivity index (χ0) is 19.8. The minimum absolute atomic E-state index is 0.0687. The van der Waals surface area contributed by atoms with E-state index in [0.29, 0.717) is 18.2 Å². The molecule has 1 aromatic heterocycles. The van der Waals surface area contributed by atoms with Gasteiger partial charge in [0, 0.05) is 5.56 Å². The first-order chi connectivity index (χ1) is 13.7. The molecule has 0 aliphatic carbocycles.